The first-order valence-electron chi connectivity index (χ1n) is 10.7. The topological polar surface area (TPSA) is 77.4 Å². The van der Waals surface area contributed by atoms with Crippen LogP contribution >= 0.6 is 0 Å². The van der Waals surface area contributed by atoms with Crippen molar-refractivity contribution in [2.75, 3.05) is 6.61 Å². The van der Waals surface area contributed by atoms with E-state index >= 15 is 0 Å². The number of hydrogen-bond acceptors (Lipinski definition) is 4. The molecule has 8 heteroatoms. The Hall–Kier alpha value is -2.87. The number of nitrogens with zero attached hydrogens (tertiary/aromatic N) is 1. The normalized spacial score (nSPS) is 23.9. The van der Waals surface area contributed by atoms with E-state index in [1.165, 1.54) is 12.3 Å². The quantitative estimate of drug-likeness (QED) is 0.783. The molecule has 0 saturated carbocycles. The van der Waals surface area contributed by atoms with Gasteiger partial charge in [0.05, 0.1) is 17.2 Å². The highest BCUT2D eigenvalue weighted by atomic mass is 19.1. The number of amides is 1. The van der Waals surface area contributed by atoms with E-state index in [0.717, 1.165) is 18.6 Å². The van der Waals surface area contributed by atoms with E-state index in [2.05, 4.69) is 5.32 Å². The molecule has 4 rings (SSSR count). The van der Waals surface area contributed by atoms with Gasteiger partial charge in [-0.1, -0.05) is 6.07 Å². The molecular weight excluding hydrogens is 418 g/mol. The van der Waals surface area contributed by atoms with Crippen molar-refractivity contribution in [3.63, 3.8) is 0 Å². The highest BCUT2D eigenvalue weighted by Crippen LogP contribution is 2.53. The average Bonchev–Trinajstić information content (AvgIpc) is 3.24. The lowest BCUT2D eigenvalue weighted by Crippen LogP contribution is -2.59. The predicted molar refractivity (Wildman–Crippen MR) is 114 cm³/mol. The van der Waals surface area contributed by atoms with Crippen LogP contribution in [0, 0.1) is 24.0 Å². The Balaban J connectivity index is 1.73. The van der Waals surface area contributed by atoms with Gasteiger partial charge in [0, 0.05) is 36.5 Å². The van der Waals surface area contributed by atoms with Crippen molar-refractivity contribution in [2.45, 2.75) is 58.7 Å². The standard InChI is InChI=1S/C24H26F2N2O4/c1-13-19-21(30)23(3,4)24(8-5-9-32-24)14(2)28(19)12-17(20(13)29)22(31)27-11-15-6-7-16(25)10-18(15)26/h6-7,10,12,14H,5,8-9,11H2,1-4H3,(H,27,31). The van der Waals surface area contributed by atoms with Gasteiger partial charge >= 0.3 is 0 Å². The van der Waals surface area contributed by atoms with E-state index in [1.807, 2.05) is 20.8 Å². The molecule has 32 heavy (non-hydrogen) atoms. The zero-order valence-corrected chi connectivity index (χ0v) is 18.6. The third-order valence-electron chi connectivity index (χ3n) is 7.15. The number of carbonyl (C=O) groups is 2. The van der Waals surface area contributed by atoms with Crippen LogP contribution in [0.1, 0.15) is 71.6 Å². The summed E-state index contributed by atoms with van der Waals surface area (Å²) in [6, 6.07) is 2.78. The fraction of sp³-hybridized carbons (Fsp3) is 0.458. The molecular formula is C24H26F2N2O4. The molecule has 2 unspecified atom stereocenters. The van der Waals surface area contributed by atoms with Crippen molar-refractivity contribution in [1.82, 2.24) is 9.88 Å². The Morgan fingerprint density at radius 2 is 2.00 bits per heavy atom. The summed E-state index contributed by atoms with van der Waals surface area (Å²) < 4.78 is 34.8. The number of aromatic nitrogens is 1. The summed E-state index contributed by atoms with van der Waals surface area (Å²) in [6.45, 7) is 7.51. The number of nitrogens with one attached hydrogen (secondary N) is 1. The fourth-order valence-electron chi connectivity index (χ4n) is 5.17. The van der Waals surface area contributed by atoms with E-state index < -0.39 is 34.0 Å². The predicted octanol–water partition coefficient (Wildman–Crippen LogP) is 3.70. The van der Waals surface area contributed by atoms with Crippen LogP contribution in [0.15, 0.2) is 29.2 Å². The first kappa shape index (κ1) is 22.3. The number of fused-ring (bicyclic) bond motifs is 1. The number of benzene rings is 1. The van der Waals surface area contributed by atoms with E-state index in [-0.39, 0.29) is 40.8 Å². The smallest absolute Gasteiger partial charge is 0.257 e. The maximum Gasteiger partial charge on any atom is 0.257 e. The second-order valence-electron chi connectivity index (χ2n) is 9.14. The largest absolute Gasteiger partial charge is 0.372 e. The van der Waals surface area contributed by atoms with Crippen LogP contribution in [0.5, 0.6) is 0 Å². The van der Waals surface area contributed by atoms with Crippen molar-refractivity contribution in [2.24, 2.45) is 5.41 Å². The number of ketones is 1. The van der Waals surface area contributed by atoms with Gasteiger partial charge < -0.3 is 14.6 Å². The molecule has 2 aliphatic rings. The third-order valence-corrected chi connectivity index (χ3v) is 7.15. The van der Waals surface area contributed by atoms with E-state index in [4.69, 9.17) is 4.74 Å². The molecule has 0 radical (unpaired) electrons. The Bertz CT molecular complexity index is 1180. The van der Waals surface area contributed by atoms with Gasteiger partial charge in [-0.25, -0.2) is 8.78 Å². The maximum atomic E-state index is 13.9. The van der Waals surface area contributed by atoms with Gasteiger partial charge in [0.1, 0.15) is 22.8 Å². The lowest BCUT2D eigenvalue weighted by Gasteiger charge is -2.51. The maximum absolute atomic E-state index is 13.9. The summed E-state index contributed by atoms with van der Waals surface area (Å²) in [6.07, 6.45) is 2.93. The first-order valence-corrected chi connectivity index (χ1v) is 10.7. The van der Waals surface area contributed by atoms with Crippen molar-refractivity contribution >= 4 is 11.7 Å². The number of rotatable bonds is 3. The number of ether oxygens (including phenoxy) is 1. The monoisotopic (exact) mass is 444 g/mol. The van der Waals surface area contributed by atoms with Crippen LogP contribution in [0.25, 0.3) is 0 Å². The van der Waals surface area contributed by atoms with Gasteiger partial charge in [-0.2, -0.15) is 0 Å². The van der Waals surface area contributed by atoms with Crippen LogP contribution in [-0.4, -0.2) is 28.5 Å². The van der Waals surface area contributed by atoms with Crippen LogP contribution in [0.4, 0.5) is 8.78 Å². The van der Waals surface area contributed by atoms with Gasteiger partial charge in [0.2, 0.25) is 0 Å². The molecule has 1 saturated heterocycles. The number of Topliss-reactive ketones (excluding diaryl/α,β-unsaturated/α-hetero) is 1. The number of halogens is 2. The molecule has 2 aromatic rings. The number of carbonyl (C=O) groups excluding carboxylic acids is 2. The summed E-state index contributed by atoms with van der Waals surface area (Å²) >= 11 is 0. The average molecular weight is 444 g/mol. The van der Waals surface area contributed by atoms with Crippen molar-refractivity contribution in [3.05, 3.63) is 68.6 Å². The third kappa shape index (κ3) is 3.11. The zero-order valence-electron chi connectivity index (χ0n) is 18.6. The Kier molecular flexibility index (Phi) is 5.32. The molecule has 1 spiro atoms. The zero-order chi connectivity index (χ0) is 23.4. The van der Waals surface area contributed by atoms with E-state index in [9.17, 15) is 23.2 Å². The fourth-order valence-corrected chi connectivity index (χ4v) is 5.17. The second kappa shape index (κ2) is 7.62. The SMILES string of the molecule is Cc1c2n(cc(C(=O)NCc3ccc(F)cc3F)c1=O)C(C)C1(CCCO1)C(C)(C)C2=O. The molecule has 1 N–H and O–H groups in total. The summed E-state index contributed by atoms with van der Waals surface area (Å²) in [7, 11) is 0. The van der Waals surface area contributed by atoms with Crippen molar-refractivity contribution in [1.29, 1.82) is 0 Å². The molecule has 2 atom stereocenters. The molecule has 6 nitrogen and oxygen atoms in total. The molecule has 3 heterocycles. The van der Waals surface area contributed by atoms with E-state index in [0.29, 0.717) is 13.0 Å². The minimum absolute atomic E-state index is 0.0955. The molecule has 1 fully saturated rings. The minimum Gasteiger partial charge on any atom is -0.372 e. The molecule has 1 aromatic carbocycles. The number of hydrogen-bond donors (Lipinski definition) is 1. The van der Waals surface area contributed by atoms with Gasteiger partial charge in [-0.3, -0.25) is 14.4 Å². The summed E-state index contributed by atoms with van der Waals surface area (Å²) in [4.78, 5) is 39.3. The van der Waals surface area contributed by atoms with Crippen LogP contribution in [0.3, 0.4) is 0 Å². The second-order valence-corrected chi connectivity index (χ2v) is 9.14. The minimum atomic E-state index is -0.829. The molecule has 1 amide bonds. The van der Waals surface area contributed by atoms with Gasteiger partial charge in [0.25, 0.3) is 5.91 Å². The molecule has 2 aliphatic heterocycles. The molecule has 0 bridgehead atoms. The van der Waals surface area contributed by atoms with Gasteiger partial charge in [-0.15, -0.1) is 0 Å². The molecule has 170 valence electrons. The van der Waals surface area contributed by atoms with Gasteiger partial charge in [-0.05, 0) is 46.6 Å². The molecule has 1 aromatic heterocycles. The van der Waals surface area contributed by atoms with Gasteiger partial charge in [0.15, 0.2) is 11.2 Å². The Morgan fingerprint density at radius 3 is 2.62 bits per heavy atom. The highest BCUT2D eigenvalue weighted by Gasteiger charge is 2.60. The lowest BCUT2D eigenvalue weighted by atomic mass is 9.63. The Labute approximate surface area is 184 Å². The molecule has 0 aliphatic carbocycles. The van der Waals surface area contributed by atoms with Crippen LogP contribution < -0.4 is 10.7 Å². The van der Waals surface area contributed by atoms with Crippen molar-refractivity contribution < 1.29 is 23.1 Å². The van der Waals surface area contributed by atoms with Crippen LogP contribution in [0.2, 0.25) is 0 Å². The number of pyridine rings is 1. The van der Waals surface area contributed by atoms with E-state index in [1.54, 1.807) is 11.5 Å². The lowest BCUT2D eigenvalue weighted by molar-refractivity contribution is -0.108. The summed E-state index contributed by atoms with van der Waals surface area (Å²) in [5.41, 5.74) is -1.67. The van der Waals surface area contributed by atoms with Crippen molar-refractivity contribution in [3.8, 4) is 0 Å². The van der Waals surface area contributed by atoms with Crippen LogP contribution in [-0.2, 0) is 11.3 Å². The summed E-state index contributed by atoms with van der Waals surface area (Å²) in [5.74, 6) is -2.38. The summed E-state index contributed by atoms with van der Waals surface area (Å²) in [5, 5.41) is 2.52. The first-order chi connectivity index (χ1) is 15.0. The highest BCUT2D eigenvalue weighted by molar-refractivity contribution is 6.03. The Morgan fingerprint density at radius 1 is 1.28 bits per heavy atom.